The van der Waals surface area contributed by atoms with E-state index in [-0.39, 0.29) is 5.70 Å². The summed E-state index contributed by atoms with van der Waals surface area (Å²) in [5, 5.41) is 9.08. The minimum atomic E-state index is 0.217. The third-order valence-electron chi connectivity index (χ3n) is 4.51. The van der Waals surface area contributed by atoms with Crippen molar-refractivity contribution >= 4 is 47.0 Å². The number of nitriles is 1. The third kappa shape index (κ3) is 3.55. The first-order chi connectivity index (χ1) is 12.8. The molecule has 0 fully saturated rings. The highest BCUT2D eigenvalue weighted by Crippen LogP contribution is 2.45. The van der Waals surface area contributed by atoms with Crippen molar-refractivity contribution in [1.82, 2.24) is 0 Å². The van der Waals surface area contributed by atoms with Gasteiger partial charge in [-0.25, -0.2) is 10.1 Å². The van der Waals surface area contributed by atoms with Crippen molar-refractivity contribution in [2.45, 2.75) is 9.79 Å². The van der Waals surface area contributed by atoms with E-state index in [1.165, 1.54) is 26.6 Å². The third-order valence-corrected chi connectivity index (χ3v) is 7.58. The standard InChI is InChI=1S/C20H17N3S3/c1-22-17(11-21)16-8-15(12-24-13-16)3-2-14-9-18-20-19(10-14)26-7-5-23(20)4-6-25-18/h2-3,8-10H,4-7,12-13H2/b3-2+,17-16-. The SMILES string of the molecule is [C-]#[N+]/C(C#N)=C1C=C(/C=C/c2cc3c4c(c2)SCCN4CCS3)CSC/1. The van der Waals surface area contributed by atoms with Gasteiger partial charge in [0.1, 0.15) is 0 Å². The maximum atomic E-state index is 9.08. The number of hydrogen-bond donors (Lipinski definition) is 0. The zero-order valence-corrected chi connectivity index (χ0v) is 16.6. The molecule has 26 heavy (non-hydrogen) atoms. The number of hydrogen-bond acceptors (Lipinski definition) is 5. The van der Waals surface area contributed by atoms with Gasteiger partial charge in [0, 0.05) is 45.9 Å². The van der Waals surface area contributed by atoms with Crippen LogP contribution < -0.4 is 4.90 Å². The van der Waals surface area contributed by atoms with Crippen molar-refractivity contribution in [3.05, 3.63) is 58.1 Å². The van der Waals surface area contributed by atoms with E-state index in [0.717, 1.165) is 41.7 Å². The lowest BCUT2D eigenvalue weighted by Crippen LogP contribution is -2.34. The van der Waals surface area contributed by atoms with E-state index < -0.39 is 0 Å². The molecule has 130 valence electrons. The van der Waals surface area contributed by atoms with Crippen LogP contribution in [0.3, 0.4) is 0 Å². The van der Waals surface area contributed by atoms with E-state index in [1.54, 1.807) is 11.8 Å². The first-order valence-electron chi connectivity index (χ1n) is 8.44. The summed E-state index contributed by atoms with van der Waals surface area (Å²) in [5.74, 6) is 3.99. The Morgan fingerprint density at radius 1 is 1.15 bits per heavy atom. The number of nitrogens with zero attached hydrogens (tertiary/aromatic N) is 3. The Kier molecular flexibility index (Phi) is 5.36. The monoisotopic (exact) mass is 395 g/mol. The Hall–Kier alpha value is -1.73. The molecule has 0 aliphatic carbocycles. The maximum absolute atomic E-state index is 9.08. The summed E-state index contributed by atoms with van der Waals surface area (Å²) in [7, 11) is 0. The van der Waals surface area contributed by atoms with E-state index in [9.17, 15) is 0 Å². The van der Waals surface area contributed by atoms with Crippen LogP contribution in [0.1, 0.15) is 5.56 Å². The summed E-state index contributed by atoms with van der Waals surface area (Å²) in [4.78, 5) is 8.66. The normalized spacial score (nSPS) is 20.8. The second kappa shape index (κ2) is 7.88. The molecule has 0 saturated carbocycles. The summed E-state index contributed by atoms with van der Waals surface area (Å²) < 4.78 is 0. The van der Waals surface area contributed by atoms with Gasteiger partial charge in [-0.2, -0.15) is 11.8 Å². The summed E-state index contributed by atoms with van der Waals surface area (Å²) in [5.41, 5.74) is 4.90. The highest BCUT2D eigenvalue weighted by molar-refractivity contribution is 8.00. The van der Waals surface area contributed by atoms with Gasteiger partial charge in [-0.3, -0.25) is 0 Å². The zero-order chi connectivity index (χ0) is 17.9. The van der Waals surface area contributed by atoms with Crippen LogP contribution in [-0.2, 0) is 0 Å². The molecule has 0 radical (unpaired) electrons. The molecule has 0 aromatic heterocycles. The van der Waals surface area contributed by atoms with Gasteiger partial charge in [-0.1, -0.05) is 18.2 Å². The van der Waals surface area contributed by atoms with Crippen LogP contribution in [0, 0.1) is 17.9 Å². The van der Waals surface area contributed by atoms with Gasteiger partial charge < -0.3 is 4.90 Å². The van der Waals surface area contributed by atoms with E-state index in [1.807, 2.05) is 35.7 Å². The molecule has 0 amide bonds. The van der Waals surface area contributed by atoms with Crippen molar-refractivity contribution in [2.24, 2.45) is 0 Å². The predicted molar refractivity (Wildman–Crippen MR) is 114 cm³/mol. The van der Waals surface area contributed by atoms with Crippen LogP contribution in [-0.4, -0.2) is 36.1 Å². The van der Waals surface area contributed by atoms with Crippen molar-refractivity contribution in [1.29, 1.82) is 5.26 Å². The van der Waals surface area contributed by atoms with E-state index in [2.05, 4.69) is 34.0 Å². The van der Waals surface area contributed by atoms with Gasteiger partial charge in [-0.05, 0) is 28.8 Å². The van der Waals surface area contributed by atoms with Gasteiger partial charge in [0.25, 0.3) is 5.70 Å². The Labute approximate surface area is 167 Å². The molecule has 0 saturated heterocycles. The molecule has 6 heteroatoms. The van der Waals surface area contributed by atoms with Crippen LogP contribution in [0.5, 0.6) is 0 Å². The van der Waals surface area contributed by atoms with E-state index in [4.69, 9.17) is 11.8 Å². The Balaban J connectivity index is 1.63. The number of allylic oxidation sites excluding steroid dienone is 3. The van der Waals surface area contributed by atoms with Crippen molar-refractivity contribution in [3.8, 4) is 6.07 Å². The molecule has 3 aliphatic heterocycles. The Morgan fingerprint density at radius 3 is 2.54 bits per heavy atom. The molecular weight excluding hydrogens is 378 g/mol. The molecule has 3 nitrogen and oxygen atoms in total. The fourth-order valence-corrected chi connectivity index (χ4v) is 6.56. The average molecular weight is 396 g/mol. The van der Waals surface area contributed by atoms with Crippen LogP contribution in [0.2, 0.25) is 0 Å². The van der Waals surface area contributed by atoms with Crippen molar-refractivity contribution in [3.63, 3.8) is 0 Å². The average Bonchev–Trinajstić information content (AvgIpc) is 2.68. The van der Waals surface area contributed by atoms with Gasteiger partial charge in [-0.15, -0.1) is 23.5 Å². The Morgan fingerprint density at radius 2 is 1.88 bits per heavy atom. The minimum Gasteiger partial charge on any atom is -0.368 e. The lowest BCUT2D eigenvalue weighted by Gasteiger charge is -2.36. The predicted octanol–water partition coefficient (Wildman–Crippen LogP) is 5.09. The zero-order valence-electron chi connectivity index (χ0n) is 14.2. The lowest BCUT2D eigenvalue weighted by atomic mass is 10.1. The molecule has 0 N–H and O–H groups in total. The molecule has 1 aromatic rings. The van der Waals surface area contributed by atoms with Crippen LogP contribution in [0.15, 0.2) is 50.9 Å². The molecule has 0 atom stereocenters. The number of thioether (sulfide) groups is 3. The second-order valence-electron chi connectivity index (χ2n) is 6.19. The highest BCUT2D eigenvalue weighted by atomic mass is 32.2. The molecule has 0 bridgehead atoms. The molecule has 1 aromatic carbocycles. The summed E-state index contributed by atoms with van der Waals surface area (Å²) in [6.07, 6.45) is 6.32. The van der Waals surface area contributed by atoms with E-state index >= 15 is 0 Å². The number of rotatable bonds is 2. The quantitative estimate of drug-likeness (QED) is 0.514. The molecular formula is C20H17N3S3. The summed E-state index contributed by atoms with van der Waals surface area (Å²) in [6.45, 7) is 9.44. The molecule has 3 aliphatic rings. The van der Waals surface area contributed by atoms with Crippen LogP contribution in [0.25, 0.3) is 10.9 Å². The second-order valence-corrected chi connectivity index (χ2v) is 9.45. The first-order valence-corrected chi connectivity index (χ1v) is 11.6. The maximum Gasteiger partial charge on any atom is 0.265 e. The molecule has 0 unspecified atom stereocenters. The van der Waals surface area contributed by atoms with Crippen LogP contribution in [0.4, 0.5) is 5.69 Å². The van der Waals surface area contributed by atoms with Gasteiger partial charge in [0.2, 0.25) is 0 Å². The van der Waals surface area contributed by atoms with Gasteiger partial charge in [0.05, 0.1) is 18.3 Å². The van der Waals surface area contributed by atoms with Gasteiger partial charge in [0.15, 0.2) is 0 Å². The number of benzene rings is 1. The minimum absolute atomic E-state index is 0.217. The largest absolute Gasteiger partial charge is 0.368 e. The van der Waals surface area contributed by atoms with Crippen molar-refractivity contribution < 1.29 is 0 Å². The first kappa shape index (κ1) is 17.7. The highest BCUT2D eigenvalue weighted by Gasteiger charge is 2.24. The van der Waals surface area contributed by atoms with E-state index in [0.29, 0.717) is 0 Å². The Bertz CT molecular complexity index is 868. The number of anilines is 1. The molecule has 3 heterocycles. The van der Waals surface area contributed by atoms with Gasteiger partial charge >= 0.3 is 0 Å². The summed E-state index contributed by atoms with van der Waals surface area (Å²) >= 11 is 5.67. The fourth-order valence-electron chi connectivity index (χ4n) is 3.29. The molecule has 4 rings (SSSR count). The fraction of sp³-hybridized carbons (Fsp3) is 0.300. The molecule has 0 spiro atoms. The lowest BCUT2D eigenvalue weighted by molar-refractivity contribution is 0.830. The van der Waals surface area contributed by atoms with Crippen molar-refractivity contribution in [2.75, 3.05) is 41.0 Å². The van der Waals surface area contributed by atoms with Crippen LogP contribution >= 0.6 is 35.3 Å². The smallest absolute Gasteiger partial charge is 0.265 e. The summed E-state index contributed by atoms with van der Waals surface area (Å²) in [6, 6.07) is 6.60. The topological polar surface area (TPSA) is 31.4 Å².